The number of nitrogens with zero attached hydrogens (tertiary/aromatic N) is 5. The molecule has 0 spiro atoms. The Morgan fingerprint density at radius 2 is 2.08 bits per heavy atom. The van der Waals surface area contributed by atoms with E-state index in [4.69, 9.17) is 9.15 Å². The highest BCUT2D eigenvalue weighted by molar-refractivity contribution is 7.13. The molecule has 0 bridgehead atoms. The molecule has 0 aliphatic rings. The van der Waals surface area contributed by atoms with Crippen LogP contribution in [-0.4, -0.2) is 25.2 Å². The Labute approximate surface area is 141 Å². The van der Waals surface area contributed by atoms with Gasteiger partial charge in [0.1, 0.15) is 30.1 Å². The van der Waals surface area contributed by atoms with E-state index in [0.29, 0.717) is 12.5 Å². The van der Waals surface area contributed by atoms with Gasteiger partial charge in [-0.25, -0.2) is 9.67 Å². The van der Waals surface area contributed by atoms with Crippen LogP contribution in [-0.2, 0) is 6.61 Å². The first-order chi connectivity index (χ1) is 11.8. The zero-order chi connectivity index (χ0) is 16.4. The van der Waals surface area contributed by atoms with Gasteiger partial charge in [0.2, 0.25) is 5.89 Å². The molecule has 0 aliphatic heterocycles. The van der Waals surface area contributed by atoms with Gasteiger partial charge in [0, 0.05) is 0 Å². The molecule has 0 unspecified atom stereocenters. The van der Waals surface area contributed by atoms with Crippen LogP contribution in [0.25, 0.3) is 16.5 Å². The lowest BCUT2D eigenvalue weighted by Gasteiger charge is -2.05. The van der Waals surface area contributed by atoms with Crippen LogP contribution in [0.4, 0.5) is 0 Å². The Morgan fingerprint density at radius 3 is 2.79 bits per heavy atom. The second kappa shape index (κ2) is 6.25. The van der Waals surface area contributed by atoms with E-state index in [1.165, 1.54) is 0 Å². The molecular weight excluding hydrogens is 326 g/mol. The standard InChI is InChI=1S/C16H13N5O2S/c1-11-14(18-16(23-11)15-3-2-8-24-15)9-22-13-6-4-12(5-7-13)21-10-17-19-20-21/h2-8,10H,9H2,1H3. The number of tetrazole rings is 1. The van der Waals surface area contributed by atoms with Gasteiger partial charge >= 0.3 is 0 Å². The Bertz CT molecular complexity index is 914. The van der Waals surface area contributed by atoms with Crippen molar-refractivity contribution >= 4 is 11.3 Å². The number of rotatable bonds is 5. The molecule has 1 aromatic carbocycles. The molecule has 0 fully saturated rings. The molecule has 0 saturated carbocycles. The summed E-state index contributed by atoms with van der Waals surface area (Å²) in [6.07, 6.45) is 1.54. The molecule has 4 aromatic rings. The highest BCUT2D eigenvalue weighted by Crippen LogP contribution is 2.26. The molecule has 0 amide bonds. The molecule has 4 rings (SSSR count). The summed E-state index contributed by atoms with van der Waals surface area (Å²) in [7, 11) is 0. The van der Waals surface area contributed by atoms with E-state index in [2.05, 4.69) is 20.5 Å². The molecule has 24 heavy (non-hydrogen) atoms. The third-order valence-electron chi connectivity index (χ3n) is 3.45. The van der Waals surface area contributed by atoms with Gasteiger partial charge in [-0.3, -0.25) is 0 Å². The third kappa shape index (κ3) is 2.91. The number of aryl methyl sites for hydroxylation is 1. The average molecular weight is 339 g/mol. The third-order valence-corrected chi connectivity index (χ3v) is 4.31. The summed E-state index contributed by atoms with van der Waals surface area (Å²) in [4.78, 5) is 5.52. The molecule has 0 aliphatic carbocycles. The van der Waals surface area contributed by atoms with Crippen molar-refractivity contribution in [3.8, 4) is 22.2 Å². The van der Waals surface area contributed by atoms with Crippen molar-refractivity contribution < 1.29 is 9.15 Å². The Kier molecular flexibility index (Phi) is 3.80. The topological polar surface area (TPSA) is 78.9 Å². The van der Waals surface area contributed by atoms with E-state index >= 15 is 0 Å². The van der Waals surface area contributed by atoms with Gasteiger partial charge in [-0.2, -0.15) is 0 Å². The highest BCUT2D eigenvalue weighted by Gasteiger charge is 2.12. The minimum absolute atomic E-state index is 0.352. The Morgan fingerprint density at radius 1 is 1.21 bits per heavy atom. The van der Waals surface area contributed by atoms with Crippen molar-refractivity contribution in [2.45, 2.75) is 13.5 Å². The van der Waals surface area contributed by atoms with Gasteiger partial charge in [-0.1, -0.05) is 6.07 Å². The summed E-state index contributed by atoms with van der Waals surface area (Å²) in [5.74, 6) is 2.14. The molecule has 0 atom stereocenters. The number of thiophene rings is 1. The summed E-state index contributed by atoms with van der Waals surface area (Å²) in [5, 5.41) is 13.1. The number of ether oxygens (including phenoxy) is 1. The first-order valence-corrected chi connectivity index (χ1v) is 8.14. The molecule has 120 valence electrons. The maximum Gasteiger partial charge on any atom is 0.236 e. The largest absolute Gasteiger partial charge is 0.487 e. The predicted molar refractivity (Wildman–Crippen MR) is 88.0 cm³/mol. The Balaban J connectivity index is 1.45. The molecule has 8 heteroatoms. The van der Waals surface area contributed by atoms with Gasteiger partial charge < -0.3 is 9.15 Å². The molecular formula is C16H13N5O2S. The maximum absolute atomic E-state index is 5.80. The van der Waals surface area contributed by atoms with E-state index in [-0.39, 0.29) is 0 Å². The smallest absolute Gasteiger partial charge is 0.236 e. The number of benzene rings is 1. The fraction of sp³-hybridized carbons (Fsp3) is 0.125. The molecule has 3 aromatic heterocycles. The first kappa shape index (κ1) is 14.6. The molecule has 0 saturated heterocycles. The second-order valence-electron chi connectivity index (χ2n) is 5.04. The monoisotopic (exact) mass is 339 g/mol. The molecule has 3 heterocycles. The van der Waals surface area contributed by atoms with E-state index in [9.17, 15) is 0 Å². The van der Waals surface area contributed by atoms with Gasteiger partial charge in [0.25, 0.3) is 0 Å². The average Bonchev–Trinajstić information content (AvgIpc) is 3.35. The summed E-state index contributed by atoms with van der Waals surface area (Å²) in [5.41, 5.74) is 1.66. The van der Waals surface area contributed by atoms with Crippen LogP contribution < -0.4 is 4.74 Å². The van der Waals surface area contributed by atoms with E-state index in [1.807, 2.05) is 48.7 Å². The van der Waals surface area contributed by atoms with Crippen LogP contribution in [0, 0.1) is 6.92 Å². The fourth-order valence-electron chi connectivity index (χ4n) is 2.19. The lowest BCUT2D eigenvalue weighted by molar-refractivity contribution is 0.299. The molecule has 7 nitrogen and oxygen atoms in total. The number of oxazole rings is 1. The van der Waals surface area contributed by atoms with Crippen molar-refractivity contribution in [2.24, 2.45) is 0 Å². The number of hydrogen-bond acceptors (Lipinski definition) is 7. The van der Waals surface area contributed by atoms with Crippen molar-refractivity contribution in [1.82, 2.24) is 25.2 Å². The number of hydrogen-bond donors (Lipinski definition) is 0. The van der Waals surface area contributed by atoms with Crippen LogP contribution in [0.15, 0.2) is 52.5 Å². The zero-order valence-electron chi connectivity index (χ0n) is 12.8. The lowest BCUT2D eigenvalue weighted by atomic mass is 10.3. The summed E-state index contributed by atoms with van der Waals surface area (Å²) in [6, 6.07) is 11.5. The highest BCUT2D eigenvalue weighted by atomic mass is 32.1. The van der Waals surface area contributed by atoms with Gasteiger partial charge in [0.05, 0.1) is 10.6 Å². The van der Waals surface area contributed by atoms with Crippen LogP contribution >= 0.6 is 11.3 Å². The van der Waals surface area contributed by atoms with Crippen LogP contribution in [0.2, 0.25) is 0 Å². The summed E-state index contributed by atoms with van der Waals surface area (Å²) in [6.45, 7) is 2.24. The zero-order valence-corrected chi connectivity index (χ0v) is 13.6. The van der Waals surface area contributed by atoms with Crippen LogP contribution in [0.3, 0.4) is 0 Å². The minimum Gasteiger partial charge on any atom is -0.487 e. The minimum atomic E-state index is 0.352. The van der Waals surface area contributed by atoms with Crippen molar-refractivity contribution in [3.05, 3.63) is 59.6 Å². The number of aromatic nitrogens is 5. The van der Waals surface area contributed by atoms with Gasteiger partial charge in [0.15, 0.2) is 0 Å². The van der Waals surface area contributed by atoms with E-state index < -0.39 is 0 Å². The quantitative estimate of drug-likeness (QED) is 0.555. The molecule has 0 N–H and O–H groups in total. The normalized spacial score (nSPS) is 10.9. The SMILES string of the molecule is Cc1oc(-c2cccs2)nc1COc1ccc(-n2cnnn2)cc1. The second-order valence-corrected chi connectivity index (χ2v) is 5.98. The van der Waals surface area contributed by atoms with Gasteiger partial charge in [-0.15, -0.1) is 16.4 Å². The first-order valence-electron chi connectivity index (χ1n) is 7.26. The van der Waals surface area contributed by atoms with Gasteiger partial charge in [-0.05, 0) is 53.1 Å². The predicted octanol–water partition coefficient (Wildman–Crippen LogP) is 3.27. The summed E-state index contributed by atoms with van der Waals surface area (Å²) < 4.78 is 13.1. The fourth-order valence-corrected chi connectivity index (χ4v) is 2.84. The van der Waals surface area contributed by atoms with Crippen LogP contribution in [0.1, 0.15) is 11.5 Å². The van der Waals surface area contributed by atoms with Crippen molar-refractivity contribution in [1.29, 1.82) is 0 Å². The lowest BCUT2D eigenvalue weighted by Crippen LogP contribution is -1.99. The van der Waals surface area contributed by atoms with Crippen LogP contribution in [0.5, 0.6) is 5.75 Å². The van der Waals surface area contributed by atoms with E-state index in [0.717, 1.165) is 27.8 Å². The van der Waals surface area contributed by atoms with E-state index in [1.54, 1.807) is 22.3 Å². The maximum atomic E-state index is 5.80. The Hall–Kier alpha value is -3.00. The van der Waals surface area contributed by atoms with Crippen molar-refractivity contribution in [2.75, 3.05) is 0 Å². The van der Waals surface area contributed by atoms with Crippen molar-refractivity contribution in [3.63, 3.8) is 0 Å². The summed E-state index contributed by atoms with van der Waals surface area (Å²) >= 11 is 1.60. The molecule has 0 radical (unpaired) electrons.